The van der Waals surface area contributed by atoms with Crippen molar-refractivity contribution in [3.05, 3.63) is 0 Å². The van der Waals surface area contributed by atoms with Crippen LogP contribution in [0.25, 0.3) is 0 Å². The van der Waals surface area contributed by atoms with Crippen LogP contribution in [0.15, 0.2) is 0 Å². The summed E-state index contributed by atoms with van der Waals surface area (Å²) in [4.78, 5) is 0. The third-order valence-electron chi connectivity index (χ3n) is 5.08. The van der Waals surface area contributed by atoms with Crippen LogP contribution in [0.5, 0.6) is 0 Å². The summed E-state index contributed by atoms with van der Waals surface area (Å²) in [5.74, 6) is 1.01. The van der Waals surface area contributed by atoms with Gasteiger partial charge in [0, 0.05) is 12.6 Å². The first-order valence-corrected chi connectivity index (χ1v) is 9.32. The molecule has 1 rings (SSSR count). The summed E-state index contributed by atoms with van der Waals surface area (Å²) in [5, 5.41) is 3.68. The standard InChI is InChI=1S/C19H39N/c1-5-6-7-8-9-10-11-12-15-19(4,18-13-14-18)16-20-17(2)3/h17-18,20H,5-16H2,1-4H3. The maximum absolute atomic E-state index is 3.68. The predicted molar refractivity (Wildman–Crippen MR) is 91.2 cm³/mol. The molecular formula is C19H39N. The average Bonchev–Trinajstić information content (AvgIpc) is 3.24. The van der Waals surface area contributed by atoms with Crippen molar-refractivity contribution in [2.45, 2.75) is 104 Å². The van der Waals surface area contributed by atoms with Crippen molar-refractivity contribution >= 4 is 0 Å². The summed E-state index contributed by atoms with van der Waals surface area (Å²) >= 11 is 0. The zero-order valence-corrected chi connectivity index (χ0v) is 14.6. The smallest absolute Gasteiger partial charge is 0.00106 e. The highest BCUT2D eigenvalue weighted by Crippen LogP contribution is 2.48. The molecule has 0 bridgehead atoms. The van der Waals surface area contributed by atoms with Crippen LogP contribution in [-0.4, -0.2) is 12.6 Å². The molecule has 0 saturated heterocycles. The largest absolute Gasteiger partial charge is 0.314 e. The minimum atomic E-state index is 0.576. The second-order valence-corrected chi connectivity index (χ2v) is 7.69. The van der Waals surface area contributed by atoms with Crippen molar-refractivity contribution < 1.29 is 0 Å². The molecule has 1 heteroatoms. The van der Waals surface area contributed by atoms with Crippen LogP contribution in [0.2, 0.25) is 0 Å². The lowest BCUT2D eigenvalue weighted by molar-refractivity contribution is 0.222. The van der Waals surface area contributed by atoms with Gasteiger partial charge in [0.1, 0.15) is 0 Å². The number of unbranched alkanes of at least 4 members (excludes halogenated alkanes) is 7. The summed E-state index contributed by atoms with van der Waals surface area (Å²) in [5.41, 5.74) is 0.576. The first-order chi connectivity index (χ1) is 9.58. The molecule has 0 amide bonds. The van der Waals surface area contributed by atoms with Crippen molar-refractivity contribution in [1.82, 2.24) is 5.32 Å². The molecule has 120 valence electrons. The first-order valence-electron chi connectivity index (χ1n) is 9.32. The molecule has 0 aliphatic heterocycles. The molecular weight excluding hydrogens is 242 g/mol. The minimum absolute atomic E-state index is 0.576. The highest BCUT2D eigenvalue weighted by molar-refractivity contribution is 4.92. The maximum atomic E-state index is 3.68. The van der Waals surface area contributed by atoms with Gasteiger partial charge in [-0.2, -0.15) is 0 Å². The van der Waals surface area contributed by atoms with Crippen LogP contribution in [0.1, 0.15) is 98.3 Å². The third-order valence-corrected chi connectivity index (χ3v) is 5.08. The van der Waals surface area contributed by atoms with Gasteiger partial charge >= 0.3 is 0 Å². The molecule has 1 fully saturated rings. The van der Waals surface area contributed by atoms with E-state index < -0.39 is 0 Å². The van der Waals surface area contributed by atoms with Crippen LogP contribution >= 0.6 is 0 Å². The highest BCUT2D eigenvalue weighted by Gasteiger charge is 2.40. The van der Waals surface area contributed by atoms with Crippen molar-refractivity contribution in [3.63, 3.8) is 0 Å². The van der Waals surface area contributed by atoms with E-state index in [1.807, 2.05) is 0 Å². The van der Waals surface area contributed by atoms with Crippen molar-refractivity contribution in [2.75, 3.05) is 6.54 Å². The van der Waals surface area contributed by atoms with E-state index in [-0.39, 0.29) is 0 Å². The Hall–Kier alpha value is -0.0400. The topological polar surface area (TPSA) is 12.0 Å². The zero-order valence-electron chi connectivity index (χ0n) is 14.6. The van der Waals surface area contributed by atoms with Crippen LogP contribution in [0.4, 0.5) is 0 Å². The fourth-order valence-corrected chi connectivity index (χ4v) is 3.32. The summed E-state index contributed by atoms with van der Waals surface area (Å²) in [6, 6.07) is 0.631. The Bertz CT molecular complexity index is 232. The Kier molecular flexibility index (Phi) is 8.84. The molecule has 0 heterocycles. The van der Waals surface area contributed by atoms with E-state index >= 15 is 0 Å². The molecule has 1 unspecified atom stereocenters. The van der Waals surface area contributed by atoms with Crippen LogP contribution in [-0.2, 0) is 0 Å². The Morgan fingerprint density at radius 1 is 0.950 bits per heavy atom. The van der Waals surface area contributed by atoms with E-state index in [0.29, 0.717) is 11.5 Å². The highest BCUT2D eigenvalue weighted by atomic mass is 14.9. The van der Waals surface area contributed by atoms with Crippen LogP contribution in [0.3, 0.4) is 0 Å². The quantitative estimate of drug-likeness (QED) is 0.412. The molecule has 1 saturated carbocycles. The second kappa shape index (κ2) is 9.82. The summed E-state index contributed by atoms with van der Waals surface area (Å²) < 4.78 is 0. The molecule has 20 heavy (non-hydrogen) atoms. The molecule has 0 spiro atoms. The molecule has 1 aliphatic rings. The van der Waals surface area contributed by atoms with Gasteiger partial charge in [0.15, 0.2) is 0 Å². The number of hydrogen-bond acceptors (Lipinski definition) is 1. The number of rotatable bonds is 13. The fourth-order valence-electron chi connectivity index (χ4n) is 3.32. The Labute approximate surface area is 128 Å². The third kappa shape index (κ3) is 7.67. The molecule has 0 radical (unpaired) electrons. The van der Waals surface area contributed by atoms with Gasteiger partial charge in [0.05, 0.1) is 0 Å². The summed E-state index contributed by atoms with van der Waals surface area (Å²) in [6.45, 7) is 10.6. The SMILES string of the molecule is CCCCCCCCCCC(C)(CNC(C)C)C1CC1. The van der Waals surface area contributed by atoms with E-state index in [1.54, 1.807) is 0 Å². The zero-order chi connectivity index (χ0) is 14.8. The van der Waals surface area contributed by atoms with Gasteiger partial charge in [-0.3, -0.25) is 0 Å². The van der Waals surface area contributed by atoms with Gasteiger partial charge in [-0.05, 0) is 30.6 Å². The van der Waals surface area contributed by atoms with E-state index in [2.05, 4.69) is 33.0 Å². The predicted octanol–water partition coefficient (Wildman–Crippen LogP) is 5.93. The molecule has 0 aromatic rings. The second-order valence-electron chi connectivity index (χ2n) is 7.69. The molecule has 1 aliphatic carbocycles. The van der Waals surface area contributed by atoms with Crippen molar-refractivity contribution in [2.24, 2.45) is 11.3 Å². The Morgan fingerprint density at radius 3 is 2.00 bits per heavy atom. The van der Waals surface area contributed by atoms with E-state index in [0.717, 1.165) is 5.92 Å². The fraction of sp³-hybridized carbons (Fsp3) is 1.00. The van der Waals surface area contributed by atoms with E-state index in [9.17, 15) is 0 Å². The van der Waals surface area contributed by atoms with Gasteiger partial charge < -0.3 is 5.32 Å². The lowest BCUT2D eigenvalue weighted by Gasteiger charge is -2.31. The summed E-state index contributed by atoms with van der Waals surface area (Å²) in [7, 11) is 0. The maximum Gasteiger partial charge on any atom is 0.00106 e. The average molecular weight is 282 g/mol. The minimum Gasteiger partial charge on any atom is -0.314 e. The lowest BCUT2D eigenvalue weighted by atomic mass is 9.79. The van der Waals surface area contributed by atoms with Gasteiger partial charge in [0.25, 0.3) is 0 Å². The number of hydrogen-bond donors (Lipinski definition) is 1. The van der Waals surface area contributed by atoms with E-state index in [4.69, 9.17) is 0 Å². The molecule has 0 aromatic carbocycles. The molecule has 1 nitrogen and oxygen atoms in total. The number of nitrogens with one attached hydrogen (secondary N) is 1. The lowest BCUT2D eigenvalue weighted by Crippen LogP contribution is -2.37. The Balaban J connectivity index is 2.07. The van der Waals surface area contributed by atoms with Gasteiger partial charge in [-0.15, -0.1) is 0 Å². The molecule has 1 atom stereocenters. The van der Waals surface area contributed by atoms with Crippen LogP contribution < -0.4 is 5.32 Å². The van der Waals surface area contributed by atoms with Crippen molar-refractivity contribution in [3.8, 4) is 0 Å². The first kappa shape index (κ1) is 18.0. The van der Waals surface area contributed by atoms with Gasteiger partial charge in [0.2, 0.25) is 0 Å². The van der Waals surface area contributed by atoms with Gasteiger partial charge in [-0.1, -0.05) is 79.1 Å². The Morgan fingerprint density at radius 2 is 1.50 bits per heavy atom. The molecule has 0 aromatic heterocycles. The normalized spacial score (nSPS) is 18.4. The van der Waals surface area contributed by atoms with Crippen molar-refractivity contribution in [1.29, 1.82) is 0 Å². The van der Waals surface area contributed by atoms with Gasteiger partial charge in [-0.25, -0.2) is 0 Å². The van der Waals surface area contributed by atoms with E-state index in [1.165, 1.54) is 77.2 Å². The summed E-state index contributed by atoms with van der Waals surface area (Å²) in [6.07, 6.45) is 15.9. The van der Waals surface area contributed by atoms with Crippen LogP contribution in [0, 0.1) is 11.3 Å². The monoisotopic (exact) mass is 281 g/mol. The molecule has 1 N–H and O–H groups in total.